The van der Waals surface area contributed by atoms with E-state index in [4.69, 9.17) is 23.2 Å². The van der Waals surface area contributed by atoms with Crippen LogP contribution in [-0.4, -0.2) is 54.6 Å². The van der Waals surface area contributed by atoms with Crippen LogP contribution in [0.1, 0.15) is 16.8 Å². The lowest BCUT2D eigenvalue weighted by Gasteiger charge is -2.11. The number of anilines is 2. The summed E-state index contributed by atoms with van der Waals surface area (Å²) in [6.07, 6.45) is 0.231. The quantitative estimate of drug-likeness (QED) is 0.293. The zero-order valence-electron chi connectivity index (χ0n) is 17.9. The van der Waals surface area contributed by atoms with Gasteiger partial charge >= 0.3 is 0 Å². The molecule has 0 spiro atoms. The normalized spacial score (nSPS) is 11.4. The second kappa shape index (κ2) is 11.5. The van der Waals surface area contributed by atoms with Gasteiger partial charge in [0.05, 0.1) is 14.9 Å². The zero-order chi connectivity index (χ0) is 24.9. The number of benzene rings is 2. The molecule has 2 amide bonds. The van der Waals surface area contributed by atoms with Crippen LogP contribution >= 0.6 is 46.3 Å². The average Bonchev–Trinajstić information content (AvgIpc) is 3.23. The van der Waals surface area contributed by atoms with Gasteiger partial charge in [0.15, 0.2) is 4.34 Å². The van der Waals surface area contributed by atoms with Gasteiger partial charge < -0.3 is 5.32 Å². The van der Waals surface area contributed by atoms with E-state index in [9.17, 15) is 18.0 Å². The molecule has 0 saturated carbocycles. The zero-order valence-corrected chi connectivity index (χ0v) is 21.9. The van der Waals surface area contributed by atoms with Crippen molar-refractivity contribution in [2.75, 3.05) is 30.5 Å². The minimum atomic E-state index is -3.57. The number of carbonyl (C=O) groups excluding carboxylic acids is 2. The molecule has 0 aliphatic heterocycles. The molecule has 34 heavy (non-hydrogen) atoms. The van der Waals surface area contributed by atoms with Gasteiger partial charge in [-0.25, -0.2) is 12.7 Å². The van der Waals surface area contributed by atoms with E-state index in [0.29, 0.717) is 25.8 Å². The molecule has 2 N–H and O–H groups in total. The van der Waals surface area contributed by atoms with E-state index in [2.05, 4.69) is 20.8 Å². The molecule has 0 radical (unpaired) electrons. The van der Waals surface area contributed by atoms with Gasteiger partial charge in [0, 0.05) is 37.5 Å². The van der Waals surface area contributed by atoms with E-state index in [0.717, 1.165) is 4.31 Å². The Labute approximate surface area is 214 Å². The summed E-state index contributed by atoms with van der Waals surface area (Å²) in [5, 5.41) is 14.4. The predicted molar refractivity (Wildman–Crippen MR) is 136 cm³/mol. The number of hydrogen-bond acceptors (Lipinski definition) is 8. The third-order valence-electron chi connectivity index (χ3n) is 4.28. The topological polar surface area (TPSA) is 121 Å². The Balaban J connectivity index is 1.49. The molecule has 0 fully saturated rings. The van der Waals surface area contributed by atoms with Crippen LogP contribution in [0, 0.1) is 0 Å². The number of amides is 2. The second-order valence-electron chi connectivity index (χ2n) is 6.91. The van der Waals surface area contributed by atoms with E-state index in [1.807, 2.05) is 0 Å². The van der Waals surface area contributed by atoms with Gasteiger partial charge in [0.25, 0.3) is 5.91 Å². The highest BCUT2D eigenvalue weighted by Gasteiger charge is 2.18. The Morgan fingerprint density at radius 3 is 2.38 bits per heavy atom. The molecule has 0 atom stereocenters. The minimum Gasteiger partial charge on any atom is -0.326 e. The molecule has 180 valence electrons. The van der Waals surface area contributed by atoms with Crippen LogP contribution in [0.25, 0.3) is 0 Å². The number of hydrogen-bond donors (Lipinski definition) is 2. The maximum Gasteiger partial charge on any atom is 0.257 e. The fraction of sp³-hybridized carbons (Fsp3) is 0.200. The number of rotatable bonds is 9. The van der Waals surface area contributed by atoms with Gasteiger partial charge in [-0.1, -0.05) is 46.3 Å². The van der Waals surface area contributed by atoms with Gasteiger partial charge in [0.2, 0.25) is 21.1 Å². The molecule has 3 rings (SSSR count). The number of thioether (sulfide) groups is 1. The Kier molecular flexibility index (Phi) is 8.90. The standard InChI is InChI=1S/C20H19Cl2N5O4S3/c1-27(2)34(30,31)14-6-3-12(4-7-14)18(29)24-19-25-26-20(33-19)32-10-9-17(28)23-13-5-8-15(21)16(22)11-13/h3-8,11H,9-10H2,1-2H3,(H,23,28)(H,24,25,29). The van der Waals surface area contributed by atoms with Crippen molar-refractivity contribution in [2.45, 2.75) is 15.7 Å². The number of carbonyl (C=O) groups is 2. The van der Waals surface area contributed by atoms with Crippen LogP contribution < -0.4 is 10.6 Å². The van der Waals surface area contributed by atoms with Crippen LogP contribution in [0.4, 0.5) is 10.8 Å². The van der Waals surface area contributed by atoms with Crippen molar-refractivity contribution in [3.63, 3.8) is 0 Å². The summed E-state index contributed by atoms with van der Waals surface area (Å²) in [6.45, 7) is 0. The first-order chi connectivity index (χ1) is 16.1. The minimum absolute atomic E-state index is 0.0897. The first-order valence-electron chi connectivity index (χ1n) is 9.61. The summed E-state index contributed by atoms with van der Waals surface area (Å²) < 4.78 is 25.9. The lowest BCUT2D eigenvalue weighted by atomic mass is 10.2. The first-order valence-corrected chi connectivity index (χ1v) is 13.6. The molecule has 0 unspecified atom stereocenters. The van der Waals surface area contributed by atoms with E-state index >= 15 is 0 Å². The summed E-state index contributed by atoms with van der Waals surface area (Å²) in [6, 6.07) is 10.4. The van der Waals surface area contributed by atoms with E-state index < -0.39 is 15.9 Å². The summed E-state index contributed by atoms with van der Waals surface area (Å²) >= 11 is 14.3. The van der Waals surface area contributed by atoms with Crippen molar-refractivity contribution in [1.82, 2.24) is 14.5 Å². The molecule has 9 nitrogen and oxygen atoms in total. The van der Waals surface area contributed by atoms with Crippen LogP contribution in [0.5, 0.6) is 0 Å². The number of nitrogens with zero attached hydrogens (tertiary/aromatic N) is 3. The van der Waals surface area contributed by atoms with Crippen molar-refractivity contribution in [1.29, 1.82) is 0 Å². The second-order valence-corrected chi connectivity index (χ2v) is 12.2. The smallest absolute Gasteiger partial charge is 0.257 e. The largest absolute Gasteiger partial charge is 0.326 e. The summed E-state index contributed by atoms with van der Waals surface area (Å²) in [4.78, 5) is 24.6. The number of sulfonamides is 1. The third kappa shape index (κ3) is 6.90. The number of nitrogens with one attached hydrogen (secondary N) is 2. The van der Waals surface area contributed by atoms with Crippen molar-refractivity contribution >= 4 is 79.0 Å². The Bertz CT molecular complexity index is 1300. The van der Waals surface area contributed by atoms with Crippen molar-refractivity contribution < 1.29 is 18.0 Å². The van der Waals surface area contributed by atoms with Gasteiger partial charge in [-0.05, 0) is 42.5 Å². The molecule has 3 aromatic rings. The van der Waals surface area contributed by atoms with Crippen LogP contribution in [-0.2, 0) is 14.8 Å². The maximum atomic E-state index is 12.4. The number of aromatic nitrogens is 2. The first kappa shape index (κ1) is 26.4. The molecule has 0 bridgehead atoms. The third-order valence-corrected chi connectivity index (χ3v) is 8.82. The Hall–Kier alpha value is -2.22. The van der Waals surface area contributed by atoms with Crippen molar-refractivity contribution in [2.24, 2.45) is 0 Å². The molecule has 0 saturated heterocycles. The summed E-state index contributed by atoms with van der Waals surface area (Å²) in [5.41, 5.74) is 0.832. The Morgan fingerprint density at radius 1 is 1.03 bits per heavy atom. The van der Waals surface area contributed by atoms with Gasteiger partial charge in [-0.3, -0.25) is 14.9 Å². The molecule has 0 aliphatic carbocycles. The average molecular weight is 561 g/mol. The molecule has 1 aromatic heterocycles. The maximum absolute atomic E-state index is 12.4. The van der Waals surface area contributed by atoms with Crippen LogP contribution in [0.3, 0.4) is 0 Å². The molecule has 2 aromatic carbocycles. The Morgan fingerprint density at radius 2 is 1.74 bits per heavy atom. The number of halogens is 2. The van der Waals surface area contributed by atoms with E-state index in [1.54, 1.807) is 18.2 Å². The lowest BCUT2D eigenvalue weighted by Crippen LogP contribution is -2.22. The molecule has 0 aliphatic rings. The molecule has 1 heterocycles. The monoisotopic (exact) mass is 559 g/mol. The van der Waals surface area contributed by atoms with Crippen molar-refractivity contribution in [3.05, 3.63) is 58.1 Å². The van der Waals surface area contributed by atoms with E-state index in [-0.39, 0.29) is 27.9 Å². The fourth-order valence-electron chi connectivity index (χ4n) is 2.51. The summed E-state index contributed by atoms with van der Waals surface area (Å²) in [7, 11) is -0.705. The van der Waals surface area contributed by atoms with Gasteiger partial charge in [-0.2, -0.15) is 0 Å². The van der Waals surface area contributed by atoms with Gasteiger partial charge in [0.1, 0.15) is 0 Å². The van der Waals surface area contributed by atoms with Crippen LogP contribution in [0.15, 0.2) is 51.7 Å². The highest BCUT2D eigenvalue weighted by molar-refractivity contribution is 8.01. The molecule has 14 heteroatoms. The highest BCUT2D eigenvalue weighted by atomic mass is 35.5. The molecular formula is C20H19Cl2N5O4S3. The van der Waals surface area contributed by atoms with Crippen LogP contribution in [0.2, 0.25) is 10.0 Å². The highest BCUT2D eigenvalue weighted by Crippen LogP contribution is 2.27. The summed E-state index contributed by atoms with van der Waals surface area (Å²) in [5.74, 6) is -0.177. The van der Waals surface area contributed by atoms with Crippen molar-refractivity contribution in [3.8, 4) is 0 Å². The lowest BCUT2D eigenvalue weighted by molar-refractivity contribution is -0.115. The van der Waals surface area contributed by atoms with E-state index in [1.165, 1.54) is 61.5 Å². The van der Waals surface area contributed by atoms with Gasteiger partial charge in [-0.15, -0.1) is 10.2 Å². The SMILES string of the molecule is CN(C)S(=O)(=O)c1ccc(C(=O)Nc2nnc(SCCC(=O)Nc3ccc(Cl)c(Cl)c3)s2)cc1. The predicted octanol–water partition coefficient (Wildman–Crippen LogP) is 4.47. The molecular weight excluding hydrogens is 541 g/mol. The fourth-order valence-corrected chi connectivity index (χ4v) is 5.46.